The van der Waals surface area contributed by atoms with Crippen LogP contribution in [0.2, 0.25) is 0 Å². The van der Waals surface area contributed by atoms with Gasteiger partial charge < -0.3 is 0 Å². The largest absolute Gasteiger partial charge is 0.268 e. The van der Waals surface area contributed by atoms with Crippen molar-refractivity contribution in [3.05, 3.63) is 55.7 Å². The molecule has 5 heteroatoms. The highest BCUT2D eigenvalue weighted by molar-refractivity contribution is 9.10. The molecule has 19 heavy (non-hydrogen) atoms. The van der Waals surface area contributed by atoms with E-state index in [1.807, 2.05) is 6.07 Å². The summed E-state index contributed by atoms with van der Waals surface area (Å²) in [4.78, 5) is 15.9. The van der Waals surface area contributed by atoms with Gasteiger partial charge in [-0.2, -0.15) is 5.10 Å². The van der Waals surface area contributed by atoms with Crippen LogP contribution in [0.1, 0.15) is 35.2 Å². The molecule has 1 aliphatic rings. The van der Waals surface area contributed by atoms with E-state index in [2.05, 4.69) is 31.1 Å². The van der Waals surface area contributed by atoms with Crippen molar-refractivity contribution in [3.63, 3.8) is 0 Å². The lowest BCUT2D eigenvalue weighted by Crippen LogP contribution is -2.23. The molecule has 0 saturated heterocycles. The smallest absolute Gasteiger partial charge is 0.267 e. The van der Waals surface area contributed by atoms with Crippen LogP contribution in [0, 0.1) is 0 Å². The van der Waals surface area contributed by atoms with E-state index in [1.165, 1.54) is 0 Å². The van der Waals surface area contributed by atoms with Gasteiger partial charge in [0.15, 0.2) is 0 Å². The summed E-state index contributed by atoms with van der Waals surface area (Å²) in [6.07, 6.45) is 8.36. The van der Waals surface area contributed by atoms with Crippen molar-refractivity contribution >= 4 is 15.9 Å². The number of rotatable bonds is 2. The lowest BCUT2D eigenvalue weighted by atomic mass is 9.90. The standard InChI is InChI=1S/C14H14BrN3O/c15-12-8-16-6-5-9(12)7-13-10-3-1-2-4-11(10)14(19)18-17-13/h5-6,8H,1-4,7H2,(H,18,19). The first-order valence-electron chi connectivity index (χ1n) is 6.43. The number of hydrogen-bond acceptors (Lipinski definition) is 3. The number of nitrogens with zero attached hydrogens (tertiary/aromatic N) is 2. The molecule has 2 aromatic rings. The molecule has 0 aromatic carbocycles. The lowest BCUT2D eigenvalue weighted by Gasteiger charge is -2.17. The molecular formula is C14H14BrN3O. The van der Waals surface area contributed by atoms with E-state index >= 15 is 0 Å². The second-order valence-electron chi connectivity index (χ2n) is 4.81. The number of hydrogen-bond donors (Lipinski definition) is 1. The van der Waals surface area contributed by atoms with Crippen LogP contribution in [0.5, 0.6) is 0 Å². The van der Waals surface area contributed by atoms with Crippen LogP contribution in [0.4, 0.5) is 0 Å². The SMILES string of the molecule is O=c1[nH]nc(Cc2ccncc2Br)c2c1CCCC2. The number of fused-ring (bicyclic) bond motifs is 1. The van der Waals surface area contributed by atoms with Crippen molar-refractivity contribution in [2.75, 3.05) is 0 Å². The first kappa shape index (κ1) is 12.5. The fourth-order valence-electron chi connectivity index (χ4n) is 2.60. The van der Waals surface area contributed by atoms with E-state index in [0.717, 1.165) is 59.0 Å². The Bertz CT molecular complexity index is 666. The minimum atomic E-state index is -0.0211. The van der Waals surface area contributed by atoms with E-state index < -0.39 is 0 Å². The lowest BCUT2D eigenvalue weighted by molar-refractivity contribution is 0.655. The van der Waals surface area contributed by atoms with E-state index in [9.17, 15) is 4.79 Å². The van der Waals surface area contributed by atoms with Crippen molar-refractivity contribution in [2.24, 2.45) is 0 Å². The molecule has 2 heterocycles. The minimum Gasteiger partial charge on any atom is -0.268 e. The summed E-state index contributed by atoms with van der Waals surface area (Å²) < 4.78 is 0.979. The Morgan fingerprint density at radius 1 is 1.26 bits per heavy atom. The number of aromatic nitrogens is 3. The molecule has 0 bridgehead atoms. The van der Waals surface area contributed by atoms with Gasteiger partial charge in [0.25, 0.3) is 5.56 Å². The van der Waals surface area contributed by atoms with Gasteiger partial charge in [-0.15, -0.1) is 0 Å². The predicted octanol–water partition coefficient (Wildman–Crippen LogP) is 2.40. The summed E-state index contributed by atoms with van der Waals surface area (Å²) in [5, 5.41) is 6.88. The Morgan fingerprint density at radius 3 is 2.84 bits per heavy atom. The Morgan fingerprint density at radius 2 is 2.05 bits per heavy atom. The molecule has 0 amide bonds. The Balaban J connectivity index is 2.02. The van der Waals surface area contributed by atoms with Gasteiger partial charge in [0.2, 0.25) is 0 Å². The minimum absolute atomic E-state index is 0.0211. The third-order valence-corrected chi connectivity index (χ3v) is 4.31. The highest BCUT2D eigenvalue weighted by Gasteiger charge is 2.18. The zero-order valence-electron chi connectivity index (χ0n) is 10.4. The maximum Gasteiger partial charge on any atom is 0.267 e. The number of nitrogens with one attached hydrogen (secondary N) is 1. The molecule has 0 unspecified atom stereocenters. The third kappa shape index (κ3) is 2.47. The summed E-state index contributed by atoms with van der Waals surface area (Å²) in [7, 11) is 0. The van der Waals surface area contributed by atoms with Gasteiger partial charge in [0.05, 0.1) is 5.69 Å². The zero-order chi connectivity index (χ0) is 13.2. The van der Waals surface area contributed by atoms with Crippen LogP contribution in [0.15, 0.2) is 27.7 Å². The third-order valence-electron chi connectivity index (χ3n) is 3.60. The zero-order valence-corrected chi connectivity index (χ0v) is 12.0. The van der Waals surface area contributed by atoms with Gasteiger partial charge in [0.1, 0.15) is 0 Å². The first-order chi connectivity index (χ1) is 9.25. The second kappa shape index (κ2) is 5.25. The molecule has 0 fully saturated rings. The van der Waals surface area contributed by atoms with E-state index in [4.69, 9.17) is 0 Å². The number of H-pyrrole nitrogens is 1. The van der Waals surface area contributed by atoms with Gasteiger partial charge in [-0.3, -0.25) is 9.78 Å². The van der Waals surface area contributed by atoms with E-state index in [0.29, 0.717) is 0 Å². The van der Waals surface area contributed by atoms with Crippen LogP contribution in [0.3, 0.4) is 0 Å². The molecule has 0 spiro atoms. The molecule has 4 nitrogen and oxygen atoms in total. The van der Waals surface area contributed by atoms with Crippen LogP contribution >= 0.6 is 15.9 Å². The van der Waals surface area contributed by atoms with E-state index in [-0.39, 0.29) is 5.56 Å². The average molecular weight is 320 g/mol. The maximum absolute atomic E-state index is 11.8. The maximum atomic E-state index is 11.8. The van der Waals surface area contributed by atoms with Gasteiger partial charge in [0, 0.05) is 28.9 Å². The summed E-state index contributed by atoms with van der Waals surface area (Å²) in [5.41, 5.74) is 4.19. The molecule has 0 aliphatic heterocycles. The molecule has 2 aromatic heterocycles. The molecule has 1 aliphatic carbocycles. The van der Waals surface area contributed by atoms with Crippen molar-refractivity contribution in [1.82, 2.24) is 15.2 Å². The van der Waals surface area contributed by atoms with Gasteiger partial charge in [-0.1, -0.05) is 0 Å². The number of pyridine rings is 1. The monoisotopic (exact) mass is 319 g/mol. The molecule has 0 saturated carbocycles. The highest BCUT2D eigenvalue weighted by atomic mass is 79.9. The quantitative estimate of drug-likeness (QED) is 0.924. The molecule has 3 rings (SSSR count). The van der Waals surface area contributed by atoms with Crippen LogP contribution in [-0.2, 0) is 19.3 Å². The Hall–Kier alpha value is -1.49. The fraction of sp³-hybridized carbons (Fsp3) is 0.357. The van der Waals surface area contributed by atoms with Crippen molar-refractivity contribution in [3.8, 4) is 0 Å². The summed E-state index contributed by atoms with van der Waals surface area (Å²) in [5.74, 6) is 0. The average Bonchev–Trinajstić information content (AvgIpc) is 2.44. The molecule has 0 radical (unpaired) electrons. The van der Waals surface area contributed by atoms with Crippen LogP contribution in [-0.4, -0.2) is 15.2 Å². The Labute approximate surface area is 119 Å². The van der Waals surface area contributed by atoms with Crippen LogP contribution < -0.4 is 5.56 Å². The summed E-state index contributed by atoms with van der Waals surface area (Å²) >= 11 is 3.50. The first-order valence-corrected chi connectivity index (χ1v) is 7.22. The van der Waals surface area contributed by atoms with Crippen molar-refractivity contribution in [1.29, 1.82) is 0 Å². The van der Waals surface area contributed by atoms with Crippen molar-refractivity contribution in [2.45, 2.75) is 32.1 Å². The predicted molar refractivity (Wildman–Crippen MR) is 76.2 cm³/mol. The Kier molecular flexibility index (Phi) is 3.46. The topological polar surface area (TPSA) is 58.6 Å². The van der Waals surface area contributed by atoms with Crippen LogP contribution in [0.25, 0.3) is 0 Å². The molecule has 1 N–H and O–H groups in total. The summed E-state index contributed by atoms with van der Waals surface area (Å²) in [6, 6.07) is 1.98. The van der Waals surface area contributed by atoms with Gasteiger partial charge in [-0.05, 0) is 58.8 Å². The van der Waals surface area contributed by atoms with Crippen molar-refractivity contribution < 1.29 is 0 Å². The fourth-order valence-corrected chi connectivity index (χ4v) is 2.99. The summed E-state index contributed by atoms with van der Waals surface area (Å²) in [6.45, 7) is 0. The van der Waals surface area contributed by atoms with Gasteiger partial charge in [-0.25, -0.2) is 5.10 Å². The highest BCUT2D eigenvalue weighted by Crippen LogP contribution is 2.24. The normalized spacial score (nSPS) is 14.2. The number of aromatic amines is 1. The molecular weight excluding hydrogens is 306 g/mol. The second-order valence-corrected chi connectivity index (χ2v) is 5.66. The molecule has 0 atom stereocenters. The van der Waals surface area contributed by atoms with Gasteiger partial charge >= 0.3 is 0 Å². The number of halogens is 1. The molecule has 98 valence electrons. The van der Waals surface area contributed by atoms with E-state index in [1.54, 1.807) is 12.4 Å².